The maximum atomic E-state index is 14.0. The molecule has 3 nitrogen and oxygen atoms in total. The van der Waals surface area contributed by atoms with E-state index >= 15 is 0 Å². The Morgan fingerprint density at radius 1 is 0.938 bits per heavy atom. The highest BCUT2D eigenvalue weighted by Crippen LogP contribution is 2.51. The van der Waals surface area contributed by atoms with Gasteiger partial charge in [-0.25, -0.2) is 0 Å². The first-order chi connectivity index (χ1) is 15.6. The van der Waals surface area contributed by atoms with Gasteiger partial charge in [-0.15, -0.1) is 0 Å². The molecule has 1 atom stereocenters. The van der Waals surface area contributed by atoms with E-state index in [1.165, 1.54) is 16.7 Å². The Hall–Kier alpha value is -2.91. The minimum absolute atomic E-state index is 0.273. The molecule has 0 saturated carbocycles. The van der Waals surface area contributed by atoms with Gasteiger partial charge in [0, 0.05) is 17.7 Å². The SMILES string of the molecule is COc1ccccc1C1(C2CCN(Cc3ccccc3C)CC2)Cc2ccccc2C1=O. The van der Waals surface area contributed by atoms with Gasteiger partial charge in [-0.3, -0.25) is 9.69 Å². The number of hydrogen-bond acceptors (Lipinski definition) is 3. The highest BCUT2D eigenvalue weighted by atomic mass is 16.5. The number of carbonyl (C=O) groups is 1. The molecule has 2 aliphatic rings. The molecule has 0 N–H and O–H groups in total. The molecule has 3 aromatic carbocycles. The average Bonchev–Trinajstić information content (AvgIpc) is 3.14. The molecule has 1 fully saturated rings. The summed E-state index contributed by atoms with van der Waals surface area (Å²) in [4.78, 5) is 16.6. The molecule has 1 saturated heterocycles. The van der Waals surface area contributed by atoms with Crippen molar-refractivity contribution in [1.29, 1.82) is 0 Å². The van der Waals surface area contributed by atoms with Crippen molar-refractivity contribution < 1.29 is 9.53 Å². The first-order valence-electron chi connectivity index (χ1n) is 11.7. The minimum atomic E-state index is -0.537. The van der Waals surface area contributed by atoms with E-state index in [1.54, 1.807) is 7.11 Å². The summed E-state index contributed by atoms with van der Waals surface area (Å²) >= 11 is 0. The lowest BCUT2D eigenvalue weighted by atomic mass is 9.64. The largest absolute Gasteiger partial charge is 0.496 e. The van der Waals surface area contributed by atoms with Gasteiger partial charge in [0.1, 0.15) is 5.75 Å². The Morgan fingerprint density at radius 3 is 2.38 bits per heavy atom. The lowest BCUT2D eigenvalue weighted by molar-refractivity contribution is 0.0729. The van der Waals surface area contributed by atoms with Crippen LogP contribution in [-0.2, 0) is 18.4 Å². The van der Waals surface area contributed by atoms with Crippen LogP contribution in [0.15, 0.2) is 72.8 Å². The second-order valence-corrected chi connectivity index (χ2v) is 9.31. The summed E-state index contributed by atoms with van der Waals surface area (Å²) in [5, 5.41) is 0. The maximum Gasteiger partial charge on any atom is 0.174 e. The van der Waals surface area contributed by atoms with Gasteiger partial charge in [0.25, 0.3) is 0 Å². The molecule has 1 heterocycles. The molecule has 0 aromatic heterocycles. The van der Waals surface area contributed by atoms with Crippen LogP contribution in [0.25, 0.3) is 0 Å². The summed E-state index contributed by atoms with van der Waals surface area (Å²) < 4.78 is 5.77. The molecule has 0 amide bonds. The monoisotopic (exact) mass is 425 g/mol. The van der Waals surface area contributed by atoms with Gasteiger partial charge in [0.15, 0.2) is 5.78 Å². The van der Waals surface area contributed by atoms with Crippen LogP contribution >= 0.6 is 0 Å². The Morgan fingerprint density at radius 2 is 1.62 bits per heavy atom. The second-order valence-electron chi connectivity index (χ2n) is 9.31. The number of para-hydroxylation sites is 1. The molecule has 164 valence electrons. The predicted molar refractivity (Wildman–Crippen MR) is 128 cm³/mol. The molecule has 3 heteroatoms. The number of aryl methyl sites for hydroxylation is 1. The van der Waals surface area contributed by atoms with Crippen molar-refractivity contribution in [3.63, 3.8) is 0 Å². The molecule has 0 bridgehead atoms. The van der Waals surface area contributed by atoms with Crippen molar-refractivity contribution in [3.8, 4) is 5.75 Å². The van der Waals surface area contributed by atoms with E-state index in [0.29, 0.717) is 5.92 Å². The Labute approximate surface area is 191 Å². The van der Waals surface area contributed by atoms with E-state index in [9.17, 15) is 4.79 Å². The van der Waals surface area contributed by atoms with E-state index in [1.807, 2.05) is 30.3 Å². The summed E-state index contributed by atoms with van der Waals surface area (Å²) in [6, 6.07) is 25.0. The Bertz CT molecular complexity index is 1130. The van der Waals surface area contributed by atoms with Crippen molar-refractivity contribution in [2.45, 2.75) is 38.1 Å². The zero-order valence-electron chi connectivity index (χ0n) is 19.0. The van der Waals surface area contributed by atoms with Crippen LogP contribution in [0.1, 0.15) is 45.5 Å². The van der Waals surface area contributed by atoms with Gasteiger partial charge in [-0.1, -0.05) is 66.7 Å². The molecular weight excluding hydrogens is 394 g/mol. The van der Waals surface area contributed by atoms with Gasteiger partial charge >= 0.3 is 0 Å². The van der Waals surface area contributed by atoms with Crippen molar-refractivity contribution in [1.82, 2.24) is 4.90 Å². The smallest absolute Gasteiger partial charge is 0.174 e. The summed E-state index contributed by atoms with van der Waals surface area (Å²) in [7, 11) is 1.71. The molecule has 1 aliphatic carbocycles. The highest BCUT2D eigenvalue weighted by Gasteiger charge is 2.53. The lowest BCUT2D eigenvalue weighted by Crippen LogP contribution is -2.47. The Balaban J connectivity index is 1.46. The molecular formula is C29H31NO2. The number of piperidine rings is 1. The van der Waals surface area contributed by atoms with Gasteiger partial charge in [0.05, 0.1) is 12.5 Å². The number of ketones is 1. The quantitative estimate of drug-likeness (QED) is 0.533. The topological polar surface area (TPSA) is 29.5 Å². The van der Waals surface area contributed by atoms with E-state index < -0.39 is 5.41 Å². The fraction of sp³-hybridized carbons (Fsp3) is 0.345. The Kier molecular flexibility index (Phi) is 5.60. The normalized spacial score (nSPS) is 21.5. The summed E-state index contributed by atoms with van der Waals surface area (Å²) in [6.07, 6.45) is 2.80. The summed E-state index contributed by atoms with van der Waals surface area (Å²) in [5.41, 5.74) is 5.33. The van der Waals surface area contributed by atoms with Gasteiger partial charge < -0.3 is 4.74 Å². The molecule has 5 rings (SSSR count). The first-order valence-corrected chi connectivity index (χ1v) is 11.7. The van der Waals surface area contributed by atoms with Crippen molar-refractivity contribution >= 4 is 5.78 Å². The minimum Gasteiger partial charge on any atom is -0.496 e. The fourth-order valence-electron chi connectivity index (χ4n) is 5.91. The van der Waals surface area contributed by atoms with E-state index in [-0.39, 0.29) is 5.78 Å². The number of Topliss-reactive ketones (excluding diaryl/α,β-unsaturated/α-hetero) is 1. The standard InChI is InChI=1S/C29H31NO2/c1-21-9-3-4-11-23(21)20-30-17-15-24(16-18-30)29(26-13-7-8-14-27(26)32-2)19-22-10-5-6-12-25(22)28(29)31/h3-14,24H,15-20H2,1-2H3. The average molecular weight is 426 g/mol. The van der Waals surface area contributed by atoms with Crippen LogP contribution < -0.4 is 4.74 Å². The molecule has 3 aromatic rings. The van der Waals surface area contributed by atoms with Crippen molar-refractivity contribution in [3.05, 3.63) is 101 Å². The second kappa shape index (κ2) is 8.55. The summed E-state index contributed by atoms with van der Waals surface area (Å²) in [6.45, 7) is 5.20. The van der Waals surface area contributed by atoms with Crippen LogP contribution in [-0.4, -0.2) is 30.9 Å². The van der Waals surface area contributed by atoms with E-state index in [4.69, 9.17) is 4.74 Å². The third-order valence-electron chi connectivity index (χ3n) is 7.66. The number of benzene rings is 3. The van der Waals surface area contributed by atoms with Crippen LogP contribution in [0, 0.1) is 12.8 Å². The third-order valence-corrected chi connectivity index (χ3v) is 7.66. The van der Waals surface area contributed by atoms with E-state index in [2.05, 4.69) is 54.3 Å². The maximum absolute atomic E-state index is 14.0. The van der Waals surface area contributed by atoms with Crippen molar-refractivity contribution in [2.24, 2.45) is 5.92 Å². The number of methoxy groups -OCH3 is 1. The van der Waals surface area contributed by atoms with Crippen LogP contribution in [0.3, 0.4) is 0 Å². The molecule has 1 aliphatic heterocycles. The predicted octanol–water partition coefficient (Wildman–Crippen LogP) is 5.59. The van der Waals surface area contributed by atoms with Crippen LogP contribution in [0.2, 0.25) is 0 Å². The number of rotatable bonds is 5. The number of likely N-dealkylation sites (tertiary alicyclic amines) is 1. The number of nitrogens with zero attached hydrogens (tertiary/aromatic N) is 1. The lowest BCUT2D eigenvalue weighted by Gasteiger charge is -2.42. The van der Waals surface area contributed by atoms with Gasteiger partial charge in [-0.05, 0) is 68.0 Å². The highest BCUT2D eigenvalue weighted by molar-refractivity contribution is 6.09. The first kappa shape index (κ1) is 21.0. The van der Waals surface area contributed by atoms with E-state index in [0.717, 1.165) is 55.8 Å². The number of carbonyl (C=O) groups excluding carboxylic acids is 1. The summed E-state index contributed by atoms with van der Waals surface area (Å²) in [5.74, 6) is 1.40. The molecule has 0 radical (unpaired) electrons. The zero-order valence-corrected chi connectivity index (χ0v) is 19.0. The third kappa shape index (κ3) is 3.45. The van der Waals surface area contributed by atoms with Crippen LogP contribution in [0.4, 0.5) is 0 Å². The molecule has 1 unspecified atom stereocenters. The van der Waals surface area contributed by atoms with Gasteiger partial charge in [-0.2, -0.15) is 0 Å². The number of ether oxygens (including phenoxy) is 1. The molecule has 0 spiro atoms. The van der Waals surface area contributed by atoms with Crippen LogP contribution in [0.5, 0.6) is 5.75 Å². The molecule has 32 heavy (non-hydrogen) atoms. The number of fused-ring (bicyclic) bond motifs is 1. The van der Waals surface area contributed by atoms with Gasteiger partial charge in [0.2, 0.25) is 0 Å². The van der Waals surface area contributed by atoms with Crippen molar-refractivity contribution in [2.75, 3.05) is 20.2 Å². The fourth-order valence-corrected chi connectivity index (χ4v) is 5.91. The number of hydrogen-bond donors (Lipinski definition) is 0. The zero-order chi connectivity index (χ0) is 22.1.